The largest absolute Gasteiger partial charge is 0.393 e. The number of fused-ring (bicyclic) bond motifs is 3. The van der Waals surface area contributed by atoms with Crippen molar-refractivity contribution >= 4 is 17.0 Å². The van der Waals surface area contributed by atoms with Gasteiger partial charge in [0.05, 0.1) is 23.2 Å². The Morgan fingerprint density at radius 3 is 2.42 bits per heavy atom. The number of anilines is 1. The Bertz CT molecular complexity index is 1210. The molecule has 0 radical (unpaired) electrons. The number of imidazole rings is 1. The molecule has 1 saturated heterocycles. The summed E-state index contributed by atoms with van der Waals surface area (Å²) in [4.78, 5) is 16.3. The monoisotopic (exact) mass is 411 g/mol. The second-order valence-corrected chi connectivity index (χ2v) is 8.56. The standard InChI is InChI=1S/C25H25N5O/c31-20-10-12-29(13-11-20)25-26-15-19(16-27-25)18-6-7-21-23(14-18)30-22(8-9-24(30)28-21)17-4-2-1-3-5-17/h1-7,14-16,20,22,31H,8-13H2/t22-/m1/s1. The second-order valence-electron chi connectivity index (χ2n) is 8.56. The molecule has 1 fully saturated rings. The van der Waals surface area contributed by atoms with E-state index in [-0.39, 0.29) is 6.10 Å². The minimum Gasteiger partial charge on any atom is -0.393 e. The van der Waals surface area contributed by atoms with Gasteiger partial charge in [-0.3, -0.25) is 0 Å². The number of rotatable bonds is 3. The number of piperidine rings is 1. The van der Waals surface area contributed by atoms with Gasteiger partial charge in [0, 0.05) is 37.5 Å². The van der Waals surface area contributed by atoms with Gasteiger partial charge in [-0.25, -0.2) is 15.0 Å². The van der Waals surface area contributed by atoms with Crippen LogP contribution in [0.4, 0.5) is 5.95 Å². The first-order chi connectivity index (χ1) is 15.3. The summed E-state index contributed by atoms with van der Waals surface area (Å²) in [6.07, 6.45) is 7.27. The lowest BCUT2D eigenvalue weighted by Gasteiger charge is -2.29. The van der Waals surface area contributed by atoms with Gasteiger partial charge in [-0.1, -0.05) is 36.4 Å². The highest BCUT2D eigenvalue weighted by molar-refractivity contribution is 5.83. The van der Waals surface area contributed by atoms with Crippen molar-refractivity contribution in [3.05, 3.63) is 72.3 Å². The third kappa shape index (κ3) is 3.27. The van der Waals surface area contributed by atoms with Gasteiger partial charge in [0.25, 0.3) is 0 Å². The quantitative estimate of drug-likeness (QED) is 0.552. The zero-order chi connectivity index (χ0) is 20.8. The lowest BCUT2D eigenvalue weighted by molar-refractivity contribution is 0.145. The molecule has 156 valence electrons. The van der Waals surface area contributed by atoms with Crippen LogP contribution in [0.15, 0.2) is 60.9 Å². The minimum absolute atomic E-state index is 0.195. The average Bonchev–Trinajstić information content (AvgIpc) is 3.39. The highest BCUT2D eigenvalue weighted by Crippen LogP contribution is 2.36. The zero-order valence-corrected chi connectivity index (χ0v) is 17.4. The summed E-state index contributed by atoms with van der Waals surface area (Å²) in [6.45, 7) is 1.60. The molecule has 6 heteroatoms. The Kier molecular flexibility index (Phi) is 4.46. The number of aliphatic hydroxyl groups is 1. The molecule has 0 spiro atoms. The summed E-state index contributed by atoms with van der Waals surface area (Å²) >= 11 is 0. The van der Waals surface area contributed by atoms with Gasteiger partial charge < -0.3 is 14.6 Å². The third-order valence-electron chi connectivity index (χ3n) is 6.62. The van der Waals surface area contributed by atoms with Gasteiger partial charge in [-0.15, -0.1) is 0 Å². The van der Waals surface area contributed by atoms with Crippen molar-refractivity contribution in [3.8, 4) is 11.1 Å². The molecule has 4 aromatic rings. The number of aromatic nitrogens is 4. The maximum Gasteiger partial charge on any atom is 0.225 e. The number of nitrogens with zero attached hydrogens (tertiary/aromatic N) is 5. The molecule has 31 heavy (non-hydrogen) atoms. The summed E-state index contributed by atoms with van der Waals surface area (Å²) in [5.74, 6) is 1.91. The number of benzene rings is 2. The van der Waals surface area contributed by atoms with Crippen LogP contribution in [0, 0.1) is 0 Å². The molecule has 6 rings (SSSR count). The Balaban J connectivity index is 1.33. The van der Waals surface area contributed by atoms with E-state index in [0.717, 1.165) is 61.4 Å². The molecule has 0 aliphatic carbocycles. The van der Waals surface area contributed by atoms with Crippen LogP contribution in [0.5, 0.6) is 0 Å². The lowest BCUT2D eigenvalue weighted by atomic mass is 10.0. The normalized spacial score (nSPS) is 19.1. The third-order valence-corrected chi connectivity index (χ3v) is 6.62. The van der Waals surface area contributed by atoms with E-state index < -0.39 is 0 Å². The van der Waals surface area contributed by atoms with Crippen molar-refractivity contribution < 1.29 is 5.11 Å². The van der Waals surface area contributed by atoms with Crippen molar-refractivity contribution in [1.29, 1.82) is 0 Å². The van der Waals surface area contributed by atoms with Crippen LogP contribution in [-0.4, -0.2) is 43.8 Å². The molecule has 0 saturated carbocycles. The van der Waals surface area contributed by atoms with Crippen molar-refractivity contribution in [2.75, 3.05) is 18.0 Å². The maximum absolute atomic E-state index is 9.72. The summed E-state index contributed by atoms with van der Waals surface area (Å²) < 4.78 is 2.41. The van der Waals surface area contributed by atoms with E-state index in [1.165, 1.54) is 16.9 Å². The van der Waals surface area contributed by atoms with Crippen LogP contribution in [0.25, 0.3) is 22.2 Å². The van der Waals surface area contributed by atoms with Gasteiger partial charge in [-0.2, -0.15) is 0 Å². The number of aryl methyl sites for hydroxylation is 1. The van der Waals surface area contributed by atoms with Crippen LogP contribution in [0.1, 0.15) is 36.7 Å². The van der Waals surface area contributed by atoms with E-state index in [2.05, 4.69) is 68.0 Å². The predicted octanol–water partition coefficient (Wildman–Crippen LogP) is 3.99. The van der Waals surface area contributed by atoms with Crippen molar-refractivity contribution in [2.45, 2.75) is 37.8 Å². The molecular weight excluding hydrogens is 386 g/mol. The van der Waals surface area contributed by atoms with Crippen LogP contribution in [0.3, 0.4) is 0 Å². The maximum atomic E-state index is 9.72. The number of hydrogen-bond acceptors (Lipinski definition) is 5. The Hall–Kier alpha value is -3.25. The summed E-state index contributed by atoms with van der Waals surface area (Å²) in [7, 11) is 0. The van der Waals surface area contributed by atoms with E-state index >= 15 is 0 Å². The minimum atomic E-state index is -0.195. The molecule has 2 aromatic carbocycles. The molecule has 1 atom stereocenters. The molecule has 2 aliphatic rings. The van der Waals surface area contributed by atoms with Gasteiger partial charge >= 0.3 is 0 Å². The molecule has 0 amide bonds. The Labute approximate surface area is 181 Å². The van der Waals surface area contributed by atoms with E-state index in [9.17, 15) is 5.11 Å². The SMILES string of the molecule is OC1CCN(c2ncc(-c3ccc4nc5n(c4c3)[C@@H](c3ccccc3)CC5)cn2)CC1. The Morgan fingerprint density at radius 2 is 1.65 bits per heavy atom. The molecule has 2 aromatic heterocycles. The average molecular weight is 412 g/mol. The van der Waals surface area contributed by atoms with E-state index in [0.29, 0.717) is 6.04 Å². The Morgan fingerprint density at radius 1 is 0.871 bits per heavy atom. The zero-order valence-electron chi connectivity index (χ0n) is 17.4. The van der Waals surface area contributed by atoms with Crippen molar-refractivity contribution in [3.63, 3.8) is 0 Å². The molecule has 4 heterocycles. The highest BCUT2D eigenvalue weighted by Gasteiger charge is 2.27. The fourth-order valence-corrected chi connectivity index (χ4v) is 4.93. The van der Waals surface area contributed by atoms with Crippen molar-refractivity contribution in [1.82, 2.24) is 19.5 Å². The molecular formula is C25H25N5O. The summed E-state index contributed by atoms with van der Waals surface area (Å²) in [6, 6.07) is 17.5. The second kappa shape index (κ2) is 7.46. The van der Waals surface area contributed by atoms with Crippen LogP contribution >= 0.6 is 0 Å². The number of aliphatic hydroxyl groups excluding tert-OH is 1. The summed E-state index contributed by atoms with van der Waals surface area (Å²) in [5.41, 5.74) is 5.67. The predicted molar refractivity (Wildman–Crippen MR) is 121 cm³/mol. The van der Waals surface area contributed by atoms with Crippen LogP contribution in [-0.2, 0) is 6.42 Å². The molecule has 2 aliphatic heterocycles. The van der Waals surface area contributed by atoms with E-state index in [4.69, 9.17) is 4.98 Å². The van der Waals surface area contributed by atoms with E-state index in [1.54, 1.807) is 0 Å². The topological polar surface area (TPSA) is 67.1 Å². The first-order valence-corrected chi connectivity index (χ1v) is 11.1. The fourth-order valence-electron chi connectivity index (χ4n) is 4.93. The first kappa shape index (κ1) is 18.5. The fraction of sp³-hybridized carbons (Fsp3) is 0.320. The number of hydrogen-bond donors (Lipinski definition) is 1. The molecule has 0 bridgehead atoms. The smallest absolute Gasteiger partial charge is 0.225 e. The molecule has 1 N–H and O–H groups in total. The van der Waals surface area contributed by atoms with Gasteiger partial charge in [0.2, 0.25) is 5.95 Å². The molecule has 0 unspecified atom stereocenters. The van der Waals surface area contributed by atoms with Gasteiger partial charge in [0.15, 0.2) is 0 Å². The van der Waals surface area contributed by atoms with Crippen molar-refractivity contribution in [2.24, 2.45) is 0 Å². The summed E-state index contributed by atoms with van der Waals surface area (Å²) in [5, 5.41) is 9.72. The van der Waals surface area contributed by atoms with Gasteiger partial charge in [0.1, 0.15) is 5.82 Å². The van der Waals surface area contributed by atoms with Crippen LogP contribution < -0.4 is 4.90 Å². The first-order valence-electron chi connectivity index (χ1n) is 11.1. The van der Waals surface area contributed by atoms with E-state index in [1.807, 2.05) is 12.4 Å². The lowest BCUT2D eigenvalue weighted by Crippen LogP contribution is -2.36. The van der Waals surface area contributed by atoms with Gasteiger partial charge in [-0.05, 0) is 42.5 Å². The highest BCUT2D eigenvalue weighted by atomic mass is 16.3. The van der Waals surface area contributed by atoms with Crippen LogP contribution in [0.2, 0.25) is 0 Å². The molecule has 6 nitrogen and oxygen atoms in total.